The van der Waals surface area contributed by atoms with Crippen molar-refractivity contribution in [3.63, 3.8) is 0 Å². The minimum Gasteiger partial charge on any atom is -0.334 e. The summed E-state index contributed by atoms with van der Waals surface area (Å²) in [6.45, 7) is 5.71. The van der Waals surface area contributed by atoms with E-state index in [-0.39, 0.29) is 11.1 Å². The van der Waals surface area contributed by atoms with Crippen LogP contribution in [0.15, 0.2) is 36.1 Å². The molecule has 0 radical (unpaired) electrons. The van der Waals surface area contributed by atoms with Crippen molar-refractivity contribution in [2.45, 2.75) is 31.8 Å². The lowest BCUT2D eigenvalue weighted by molar-refractivity contribution is 0.591. The van der Waals surface area contributed by atoms with Gasteiger partial charge in [0.2, 0.25) is 0 Å². The second-order valence-electron chi connectivity index (χ2n) is 5.29. The Balaban J connectivity index is 2.02. The molecule has 0 saturated heterocycles. The van der Waals surface area contributed by atoms with E-state index in [4.69, 9.17) is 0 Å². The third-order valence-corrected chi connectivity index (χ3v) is 4.60. The first-order chi connectivity index (χ1) is 10.4. The Bertz CT molecular complexity index is 925. The van der Waals surface area contributed by atoms with Crippen LogP contribution in [0.1, 0.15) is 25.5 Å². The summed E-state index contributed by atoms with van der Waals surface area (Å²) in [6.07, 6.45) is 6.30. The number of aryl methyl sites for hydroxylation is 1. The maximum Gasteiger partial charge on any atom is 0.281 e. The van der Waals surface area contributed by atoms with Gasteiger partial charge in [-0.3, -0.25) is 9.12 Å². The molecule has 0 unspecified atom stereocenters. The maximum atomic E-state index is 12.5. The van der Waals surface area contributed by atoms with Crippen molar-refractivity contribution < 1.29 is 8.42 Å². The average molecular weight is 320 g/mol. The monoisotopic (exact) mass is 320 g/mol. The highest BCUT2D eigenvalue weighted by atomic mass is 32.2. The van der Waals surface area contributed by atoms with Gasteiger partial charge < -0.3 is 4.57 Å². The van der Waals surface area contributed by atoms with E-state index in [1.807, 2.05) is 13.8 Å². The molecule has 116 valence electrons. The number of anilines is 1. The first-order valence-corrected chi connectivity index (χ1v) is 8.22. The summed E-state index contributed by atoms with van der Waals surface area (Å²) in [6, 6.07) is 1.93. The van der Waals surface area contributed by atoms with Crippen molar-refractivity contribution in [1.82, 2.24) is 24.1 Å². The first kappa shape index (κ1) is 14.5. The number of sulfonamides is 1. The van der Waals surface area contributed by atoms with Crippen molar-refractivity contribution in [1.29, 1.82) is 0 Å². The Kier molecular flexibility index (Phi) is 3.36. The lowest BCUT2D eigenvalue weighted by Crippen LogP contribution is -2.15. The van der Waals surface area contributed by atoms with Gasteiger partial charge in [-0.2, -0.15) is 8.42 Å². The SMILES string of the molecule is Cc1ccn2cnnc2c1NS(=O)(=O)c1cn(C(C)C)cn1. The number of nitrogens with one attached hydrogen (secondary N) is 1. The molecule has 0 aliphatic heterocycles. The molecule has 0 saturated carbocycles. The van der Waals surface area contributed by atoms with E-state index >= 15 is 0 Å². The molecule has 22 heavy (non-hydrogen) atoms. The summed E-state index contributed by atoms with van der Waals surface area (Å²) in [7, 11) is -3.78. The van der Waals surface area contributed by atoms with Crippen molar-refractivity contribution >= 4 is 21.4 Å². The van der Waals surface area contributed by atoms with E-state index in [9.17, 15) is 8.42 Å². The molecule has 3 heterocycles. The maximum absolute atomic E-state index is 12.5. The van der Waals surface area contributed by atoms with Gasteiger partial charge in [-0.25, -0.2) is 4.98 Å². The number of aromatic nitrogens is 5. The molecule has 3 rings (SSSR count). The van der Waals surface area contributed by atoms with Gasteiger partial charge >= 0.3 is 0 Å². The van der Waals surface area contributed by atoms with Crippen LogP contribution in [0.2, 0.25) is 0 Å². The molecule has 0 aliphatic carbocycles. The molecule has 3 aromatic rings. The molecule has 0 amide bonds. The Morgan fingerprint density at radius 2 is 2.05 bits per heavy atom. The van der Waals surface area contributed by atoms with Crippen molar-refractivity contribution in [3.05, 3.63) is 36.7 Å². The smallest absolute Gasteiger partial charge is 0.281 e. The fraction of sp³-hybridized carbons (Fsp3) is 0.308. The standard InChI is InChI=1S/C13H16N6O2S/c1-9(2)19-6-11(14-7-19)22(20,21)17-12-10(3)4-5-18-8-15-16-13(12)18/h4-9,17H,1-3H3. The Morgan fingerprint density at radius 3 is 2.73 bits per heavy atom. The molecule has 3 aromatic heterocycles. The Labute approximate surface area is 127 Å². The zero-order valence-electron chi connectivity index (χ0n) is 12.4. The average Bonchev–Trinajstić information content (AvgIpc) is 3.10. The van der Waals surface area contributed by atoms with Gasteiger partial charge in [0.25, 0.3) is 10.0 Å². The van der Waals surface area contributed by atoms with E-state index in [2.05, 4.69) is 19.9 Å². The van der Waals surface area contributed by atoms with Crippen LogP contribution in [0.5, 0.6) is 0 Å². The molecule has 0 fully saturated rings. The van der Waals surface area contributed by atoms with Crippen molar-refractivity contribution in [3.8, 4) is 0 Å². The molecule has 9 heteroatoms. The summed E-state index contributed by atoms with van der Waals surface area (Å²) >= 11 is 0. The zero-order chi connectivity index (χ0) is 15.9. The predicted molar refractivity (Wildman–Crippen MR) is 81.1 cm³/mol. The number of rotatable bonds is 4. The summed E-state index contributed by atoms with van der Waals surface area (Å²) < 4.78 is 31.0. The second-order valence-corrected chi connectivity index (χ2v) is 6.92. The van der Waals surface area contributed by atoms with Gasteiger partial charge in [0.05, 0.1) is 12.0 Å². The number of nitrogens with zero attached hydrogens (tertiary/aromatic N) is 5. The van der Waals surface area contributed by atoms with Gasteiger partial charge in [-0.05, 0) is 32.4 Å². The van der Waals surface area contributed by atoms with E-state index < -0.39 is 10.0 Å². The highest BCUT2D eigenvalue weighted by Gasteiger charge is 2.21. The summed E-state index contributed by atoms with van der Waals surface area (Å²) in [5, 5.41) is 7.72. The fourth-order valence-electron chi connectivity index (χ4n) is 2.03. The van der Waals surface area contributed by atoms with Gasteiger partial charge in [-0.15, -0.1) is 10.2 Å². The molecule has 0 bridgehead atoms. The van der Waals surface area contributed by atoms with Crippen LogP contribution in [0.4, 0.5) is 5.69 Å². The largest absolute Gasteiger partial charge is 0.334 e. The van der Waals surface area contributed by atoms with Crippen molar-refractivity contribution in [2.24, 2.45) is 0 Å². The molecule has 0 atom stereocenters. The third-order valence-electron chi connectivity index (χ3n) is 3.36. The number of pyridine rings is 1. The van der Waals surface area contributed by atoms with Gasteiger partial charge in [0.1, 0.15) is 6.33 Å². The Morgan fingerprint density at radius 1 is 1.27 bits per heavy atom. The highest BCUT2D eigenvalue weighted by molar-refractivity contribution is 7.92. The summed E-state index contributed by atoms with van der Waals surface area (Å²) in [5.41, 5.74) is 1.61. The lowest BCUT2D eigenvalue weighted by atomic mass is 10.2. The van der Waals surface area contributed by atoms with Crippen LogP contribution in [-0.4, -0.2) is 32.6 Å². The number of hydrogen-bond donors (Lipinski definition) is 1. The summed E-state index contributed by atoms with van der Waals surface area (Å²) in [4.78, 5) is 3.97. The molecular weight excluding hydrogens is 304 g/mol. The van der Waals surface area contributed by atoms with E-state index in [1.54, 1.807) is 28.2 Å². The van der Waals surface area contributed by atoms with Gasteiger partial charge in [-0.1, -0.05) is 0 Å². The van der Waals surface area contributed by atoms with Crippen molar-refractivity contribution in [2.75, 3.05) is 4.72 Å². The Hall–Kier alpha value is -2.42. The number of imidazole rings is 1. The zero-order valence-corrected chi connectivity index (χ0v) is 13.2. The predicted octanol–water partition coefficient (Wildman–Crippen LogP) is 1.62. The molecule has 0 aromatic carbocycles. The van der Waals surface area contributed by atoms with Crippen LogP contribution in [0.25, 0.3) is 5.65 Å². The third kappa shape index (κ3) is 2.43. The first-order valence-electron chi connectivity index (χ1n) is 6.74. The molecule has 0 spiro atoms. The van der Waals surface area contributed by atoms with Gasteiger partial charge in [0, 0.05) is 18.4 Å². The highest BCUT2D eigenvalue weighted by Crippen LogP contribution is 2.23. The normalized spacial score (nSPS) is 12.2. The van der Waals surface area contributed by atoms with Gasteiger partial charge in [0.15, 0.2) is 10.7 Å². The fourth-order valence-corrected chi connectivity index (χ4v) is 3.11. The molecular formula is C13H16N6O2S. The van der Waals surface area contributed by atoms with Crippen LogP contribution in [0, 0.1) is 6.92 Å². The summed E-state index contributed by atoms with van der Waals surface area (Å²) in [5.74, 6) is 0. The minimum atomic E-state index is -3.78. The van der Waals surface area contributed by atoms with Crippen LogP contribution < -0.4 is 4.72 Å². The van der Waals surface area contributed by atoms with E-state index in [0.29, 0.717) is 11.3 Å². The molecule has 1 N–H and O–H groups in total. The minimum absolute atomic E-state index is 0.0258. The number of hydrogen-bond acceptors (Lipinski definition) is 5. The molecule has 8 nitrogen and oxygen atoms in total. The van der Waals surface area contributed by atoms with Crippen LogP contribution >= 0.6 is 0 Å². The topological polar surface area (TPSA) is 94.2 Å². The van der Waals surface area contributed by atoms with Crippen LogP contribution in [0.3, 0.4) is 0 Å². The number of fused-ring (bicyclic) bond motifs is 1. The van der Waals surface area contributed by atoms with E-state index in [1.165, 1.54) is 18.9 Å². The quantitative estimate of drug-likeness (QED) is 0.788. The van der Waals surface area contributed by atoms with E-state index in [0.717, 1.165) is 5.56 Å². The molecule has 0 aliphatic rings. The van der Waals surface area contributed by atoms with Crippen LogP contribution in [-0.2, 0) is 10.0 Å². The lowest BCUT2D eigenvalue weighted by Gasteiger charge is -2.10. The second kappa shape index (κ2) is 5.09.